The molecule has 0 amide bonds. The van der Waals surface area contributed by atoms with E-state index in [9.17, 15) is 26.0 Å². The number of halogens is 5. The number of fused-ring (bicyclic) bond motifs is 4. The Balaban J connectivity index is 1.92. The van der Waals surface area contributed by atoms with Gasteiger partial charge in [0, 0.05) is 22.2 Å². The highest BCUT2D eigenvalue weighted by Crippen LogP contribution is 2.58. The van der Waals surface area contributed by atoms with E-state index in [-0.39, 0.29) is 27.0 Å². The molecular weight excluding hydrogens is 398 g/mol. The van der Waals surface area contributed by atoms with Crippen molar-refractivity contribution >= 4 is 21.6 Å². The molecule has 2 unspecified atom stereocenters. The van der Waals surface area contributed by atoms with Crippen molar-refractivity contribution in [3.05, 3.63) is 46.7 Å². The van der Waals surface area contributed by atoms with Gasteiger partial charge in [-0.15, -0.1) is 4.31 Å². The Bertz CT molecular complexity index is 962. The van der Waals surface area contributed by atoms with Gasteiger partial charge in [0.2, 0.25) is 10.0 Å². The molecular formula is C15H12ClF4N3O2S. The van der Waals surface area contributed by atoms with E-state index < -0.39 is 45.3 Å². The topological polar surface area (TPSA) is 66.1 Å². The molecule has 0 spiro atoms. The van der Waals surface area contributed by atoms with Crippen molar-refractivity contribution < 1.29 is 26.0 Å². The third-order valence-electron chi connectivity index (χ3n) is 4.91. The Morgan fingerprint density at radius 2 is 1.85 bits per heavy atom. The third kappa shape index (κ3) is 2.25. The van der Waals surface area contributed by atoms with Crippen LogP contribution >= 0.6 is 11.6 Å². The van der Waals surface area contributed by atoms with Crippen LogP contribution in [0.3, 0.4) is 0 Å². The fraction of sp³-hybridized carbons (Fsp3) is 0.400. The number of piperidine rings is 1. The fourth-order valence-electron chi connectivity index (χ4n) is 3.62. The van der Waals surface area contributed by atoms with Crippen molar-refractivity contribution in [2.45, 2.75) is 35.7 Å². The molecule has 2 heterocycles. The number of hydrogen-bond acceptors (Lipinski definition) is 3. The zero-order valence-corrected chi connectivity index (χ0v) is 14.5. The number of aromatic nitrogens is 2. The van der Waals surface area contributed by atoms with Crippen molar-refractivity contribution in [2.75, 3.05) is 0 Å². The van der Waals surface area contributed by atoms with E-state index in [1.54, 1.807) is 0 Å². The lowest BCUT2D eigenvalue weighted by atomic mass is 9.76. The molecule has 4 rings (SSSR count). The average molecular weight is 410 g/mol. The van der Waals surface area contributed by atoms with Gasteiger partial charge >= 0.3 is 12.0 Å². The molecule has 2 aromatic rings. The van der Waals surface area contributed by atoms with Gasteiger partial charge in [-0.3, -0.25) is 5.10 Å². The molecule has 11 heteroatoms. The summed E-state index contributed by atoms with van der Waals surface area (Å²) in [6.45, 7) is 0. The molecule has 0 saturated carbocycles. The minimum atomic E-state index is -4.93. The van der Waals surface area contributed by atoms with E-state index in [1.807, 2.05) is 0 Å². The molecule has 5 nitrogen and oxygen atoms in total. The first kappa shape index (κ1) is 17.7. The quantitative estimate of drug-likeness (QED) is 0.609. The Hall–Kier alpha value is -1.65. The van der Waals surface area contributed by atoms with Gasteiger partial charge in [0.1, 0.15) is 0 Å². The lowest BCUT2D eigenvalue weighted by Crippen LogP contribution is -2.65. The molecule has 1 fully saturated rings. The number of benzene rings is 1. The summed E-state index contributed by atoms with van der Waals surface area (Å²) in [6.07, 6.45) is 0.478. The minimum absolute atomic E-state index is 0.189. The number of nitrogens with zero attached hydrogens (tertiary/aromatic N) is 2. The maximum absolute atomic E-state index is 14.8. The molecule has 1 aliphatic carbocycles. The van der Waals surface area contributed by atoms with Crippen LogP contribution in [0.25, 0.3) is 0 Å². The fourth-order valence-corrected chi connectivity index (χ4v) is 5.42. The number of nitrogens with one attached hydrogen (secondary N) is 1. The first-order chi connectivity index (χ1) is 12.1. The highest BCUT2D eigenvalue weighted by atomic mass is 35.5. The SMILES string of the molecule is O=S(=O)(c1ccc(Cl)cc1)N1C2CC(Cc3[nH]ncc32)C(F)(F)C1(F)F. The van der Waals surface area contributed by atoms with Gasteiger partial charge in [-0.1, -0.05) is 11.6 Å². The van der Waals surface area contributed by atoms with Crippen molar-refractivity contribution in [1.29, 1.82) is 0 Å². The minimum Gasteiger partial charge on any atom is -0.282 e. The molecule has 0 radical (unpaired) electrons. The number of alkyl halides is 4. The number of rotatable bonds is 2. The summed E-state index contributed by atoms with van der Waals surface area (Å²) in [5.41, 5.74) is 0.437. The average Bonchev–Trinajstić information content (AvgIpc) is 3.02. The van der Waals surface area contributed by atoms with E-state index in [1.165, 1.54) is 18.3 Å². The van der Waals surface area contributed by atoms with E-state index in [4.69, 9.17) is 11.6 Å². The van der Waals surface area contributed by atoms with Crippen LogP contribution in [0.15, 0.2) is 35.4 Å². The first-order valence-corrected chi connectivity index (χ1v) is 9.46. The largest absolute Gasteiger partial charge is 0.381 e. The zero-order valence-electron chi connectivity index (χ0n) is 13.0. The highest BCUT2D eigenvalue weighted by molar-refractivity contribution is 7.89. The molecule has 1 saturated heterocycles. The zero-order chi connectivity index (χ0) is 18.9. The van der Waals surface area contributed by atoms with Crippen molar-refractivity contribution in [1.82, 2.24) is 14.5 Å². The van der Waals surface area contributed by atoms with Crippen LogP contribution in [0.1, 0.15) is 23.7 Å². The van der Waals surface area contributed by atoms with Gasteiger partial charge in [-0.25, -0.2) is 8.42 Å². The van der Waals surface area contributed by atoms with Crippen LogP contribution in [0, 0.1) is 5.92 Å². The van der Waals surface area contributed by atoms with E-state index in [2.05, 4.69) is 10.2 Å². The van der Waals surface area contributed by atoms with Crippen LogP contribution in [-0.4, -0.2) is 34.9 Å². The van der Waals surface area contributed by atoms with Gasteiger partial charge in [0.15, 0.2) is 0 Å². The van der Waals surface area contributed by atoms with Crippen LogP contribution in [-0.2, 0) is 16.4 Å². The molecule has 140 valence electrons. The molecule has 26 heavy (non-hydrogen) atoms. The number of H-pyrrole nitrogens is 1. The standard InChI is InChI=1S/C15H12ClF4N3O2S/c16-9-1-3-10(4-2-9)26(24,25)23-13-6-8(14(17,18)15(23,19)20)5-12-11(13)7-21-22-12/h1-4,7-8,13H,5-6H2,(H,21,22). The van der Waals surface area contributed by atoms with Gasteiger partial charge in [-0.05, 0) is 37.1 Å². The maximum atomic E-state index is 14.8. The van der Waals surface area contributed by atoms with Crippen molar-refractivity contribution in [3.8, 4) is 0 Å². The first-order valence-electron chi connectivity index (χ1n) is 7.64. The molecule has 2 bridgehead atoms. The van der Waals surface area contributed by atoms with Crippen LogP contribution in [0.2, 0.25) is 5.02 Å². The van der Waals surface area contributed by atoms with Crippen LogP contribution in [0.5, 0.6) is 0 Å². The highest BCUT2D eigenvalue weighted by Gasteiger charge is 2.73. The van der Waals surface area contributed by atoms with Crippen molar-refractivity contribution in [2.24, 2.45) is 5.92 Å². The Labute approximate surface area is 151 Å². The molecule has 1 aliphatic heterocycles. The summed E-state index contributed by atoms with van der Waals surface area (Å²) in [5, 5.41) is 6.40. The van der Waals surface area contributed by atoms with Crippen molar-refractivity contribution in [3.63, 3.8) is 0 Å². The summed E-state index contributed by atoms with van der Waals surface area (Å²) in [6, 6.07) is -1.90. The number of sulfonamides is 1. The summed E-state index contributed by atoms with van der Waals surface area (Å²) in [7, 11) is -4.93. The molecule has 1 aromatic heterocycles. The number of aromatic amines is 1. The molecule has 1 aromatic carbocycles. The van der Waals surface area contributed by atoms with Gasteiger partial charge < -0.3 is 0 Å². The van der Waals surface area contributed by atoms with Gasteiger partial charge in [0.05, 0.1) is 17.1 Å². The lowest BCUT2D eigenvalue weighted by molar-refractivity contribution is -0.316. The molecule has 2 atom stereocenters. The normalized spacial score (nSPS) is 27.1. The summed E-state index contributed by atoms with van der Waals surface area (Å²) in [5.74, 6) is -6.21. The van der Waals surface area contributed by atoms with E-state index >= 15 is 0 Å². The Morgan fingerprint density at radius 3 is 2.50 bits per heavy atom. The van der Waals surface area contributed by atoms with Crippen LogP contribution in [0.4, 0.5) is 17.6 Å². The lowest BCUT2D eigenvalue weighted by Gasteiger charge is -2.50. The maximum Gasteiger partial charge on any atom is 0.381 e. The van der Waals surface area contributed by atoms with Crippen LogP contribution < -0.4 is 0 Å². The summed E-state index contributed by atoms with van der Waals surface area (Å²) < 4.78 is 83.9. The summed E-state index contributed by atoms with van der Waals surface area (Å²) >= 11 is 5.70. The van der Waals surface area contributed by atoms with E-state index in [0.29, 0.717) is 0 Å². The monoisotopic (exact) mass is 409 g/mol. The molecule has 2 aliphatic rings. The number of hydrogen-bond donors (Lipinski definition) is 1. The predicted octanol–water partition coefficient (Wildman–Crippen LogP) is 3.60. The molecule has 1 N–H and O–H groups in total. The van der Waals surface area contributed by atoms with Gasteiger partial charge in [0.25, 0.3) is 0 Å². The predicted molar refractivity (Wildman–Crippen MR) is 83.5 cm³/mol. The third-order valence-corrected chi connectivity index (χ3v) is 7.03. The smallest absolute Gasteiger partial charge is 0.282 e. The van der Waals surface area contributed by atoms with Gasteiger partial charge in [-0.2, -0.15) is 22.7 Å². The second-order valence-electron chi connectivity index (χ2n) is 6.38. The second-order valence-corrected chi connectivity index (χ2v) is 8.63. The van der Waals surface area contributed by atoms with E-state index in [0.717, 1.165) is 12.1 Å². The summed E-state index contributed by atoms with van der Waals surface area (Å²) in [4.78, 5) is -0.536. The Morgan fingerprint density at radius 1 is 1.19 bits per heavy atom. The second kappa shape index (κ2) is 5.43. The Kier molecular flexibility index (Phi) is 3.71.